The number of aromatic nitrogens is 2. The fourth-order valence-electron chi connectivity index (χ4n) is 4.38. The maximum atomic E-state index is 12.9. The maximum Gasteiger partial charge on any atom is 0.329 e. The van der Waals surface area contributed by atoms with Crippen molar-refractivity contribution in [3.8, 4) is 0 Å². The molecule has 4 rings (SSSR count). The van der Waals surface area contributed by atoms with Crippen molar-refractivity contribution in [1.82, 2.24) is 14.9 Å². The molecule has 0 saturated heterocycles. The Morgan fingerprint density at radius 1 is 1.14 bits per heavy atom. The van der Waals surface area contributed by atoms with Crippen LogP contribution in [0.5, 0.6) is 0 Å². The Morgan fingerprint density at radius 3 is 2.69 bits per heavy atom. The number of esters is 1. The summed E-state index contributed by atoms with van der Waals surface area (Å²) in [5, 5.41) is 5.69. The quantitative estimate of drug-likeness (QED) is 0.255. The van der Waals surface area contributed by atoms with Gasteiger partial charge in [-0.25, -0.2) is 4.79 Å². The Kier molecular flexibility index (Phi) is 7.51. The molecule has 0 fully saturated rings. The van der Waals surface area contributed by atoms with Crippen molar-refractivity contribution in [2.24, 2.45) is 0 Å². The minimum absolute atomic E-state index is 0.258. The van der Waals surface area contributed by atoms with E-state index in [1.54, 1.807) is 11.3 Å². The zero-order valence-electron chi connectivity index (χ0n) is 20.1. The van der Waals surface area contributed by atoms with Gasteiger partial charge in [-0.05, 0) is 49.4 Å². The van der Waals surface area contributed by atoms with E-state index in [9.17, 15) is 14.4 Å². The third-order valence-corrected chi connectivity index (χ3v) is 7.08. The minimum atomic E-state index is -0.891. The summed E-state index contributed by atoms with van der Waals surface area (Å²) in [6, 6.07) is 12.8. The van der Waals surface area contributed by atoms with Gasteiger partial charge in [-0.15, -0.1) is 11.3 Å². The number of fused-ring (bicyclic) bond motifs is 1. The number of ketones is 1. The summed E-state index contributed by atoms with van der Waals surface area (Å²) in [4.78, 5) is 42.0. The monoisotopic (exact) mass is 491 g/mol. The Labute approximate surface area is 208 Å². The first kappa shape index (κ1) is 24.5. The number of nitrogens with zero attached hydrogens (tertiary/aromatic N) is 1. The molecule has 1 amide bonds. The van der Waals surface area contributed by atoms with E-state index in [1.165, 1.54) is 11.8 Å². The molecule has 3 aromatic heterocycles. The molecule has 1 unspecified atom stereocenters. The number of thiophene rings is 1. The molecular weight excluding hydrogens is 462 g/mol. The van der Waals surface area contributed by atoms with E-state index in [1.807, 2.05) is 56.4 Å². The Hall–Kier alpha value is -3.65. The molecule has 182 valence electrons. The second-order valence-corrected chi connectivity index (χ2v) is 9.65. The van der Waals surface area contributed by atoms with Gasteiger partial charge in [0.05, 0.1) is 0 Å². The first-order chi connectivity index (χ1) is 16.8. The smallest absolute Gasteiger partial charge is 0.329 e. The number of H-pyrrole nitrogens is 1. The number of rotatable bonds is 10. The molecule has 35 heavy (non-hydrogen) atoms. The molecule has 1 aromatic carbocycles. The number of ether oxygens (including phenoxy) is 1. The number of para-hydroxylation sites is 1. The lowest BCUT2D eigenvalue weighted by Gasteiger charge is -2.16. The number of carbonyl (C=O) groups excluding carboxylic acids is 3. The topological polar surface area (TPSA) is 93.2 Å². The van der Waals surface area contributed by atoms with Crippen LogP contribution in [-0.4, -0.2) is 39.9 Å². The van der Waals surface area contributed by atoms with Crippen molar-refractivity contribution < 1.29 is 19.1 Å². The van der Waals surface area contributed by atoms with E-state index in [2.05, 4.69) is 26.3 Å². The molecule has 2 N–H and O–H groups in total. The first-order valence-electron chi connectivity index (χ1n) is 11.5. The molecule has 0 aliphatic rings. The molecule has 0 spiro atoms. The van der Waals surface area contributed by atoms with Gasteiger partial charge in [0.2, 0.25) is 11.7 Å². The highest BCUT2D eigenvalue weighted by Gasteiger charge is 2.25. The fourth-order valence-corrected chi connectivity index (χ4v) is 5.08. The van der Waals surface area contributed by atoms with Gasteiger partial charge >= 0.3 is 5.97 Å². The molecule has 0 bridgehead atoms. The summed E-state index contributed by atoms with van der Waals surface area (Å²) in [5.74, 6) is -1.24. The molecule has 7 nitrogen and oxygen atoms in total. The van der Waals surface area contributed by atoms with Crippen molar-refractivity contribution in [3.63, 3.8) is 0 Å². The Morgan fingerprint density at radius 2 is 1.94 bits per heavy atom. The Balaban J connectivity index is 1.41. The molecule has 0 aliphatic heterocycles. The van der Waals surface area contributed by atoms with Gasteiger partial charge in [0.25, 0.3) is 0 Å². The highest BCUT2D eigenvalue weighted by Crippen LogP contribution is 2.20. The molecule has 0 aliphatic carbocycles. The van der Waals surface area contributed by atoms with Crippen molar-refractivity contribution in [2.45, 2.75) is 46.2 Å². The average molecular weight is 492 g/mol. The summed E-state index contributed by atoms with van der Waals surface area (Å²) in [5.41, 5.74) is 4.23. The molecular formula is C27H29N3O4S. The van der Waals surface area contributed by atoms with Crippen LogP contribution in [0.3, 0.4) is 0 Å². The number of benzene rings is 1. The van der Waals surface area contributed by atoms with E-state index < -0.39 is 12.0 Å². The molecule has 1 atom stereocenters. The van der Waals surface area contributed by atoms with Crippen molar-refractivity contribution in [3.05, 3.63) is 81.4 Å². The average Bonchev–Trinajstić information content (AvgIpc) is 3.56. The van der Waals surface area contributed by atoms with Gasteiger partial charge in [-0.3, -0.25) is 9.59 Å². The summed E-state index contributed by atoms with van der Waals surface area (Å²) in [6.07, 6.45) is 2.97. The molecule has 8 heteroatoms. The van der Waals surface area contributed by atoms with Gasteiger partial charge in [-0.1, -0.05) is 24.3 Å². The summed E-state index contributed by atoms with van der Waals surface area (Å²) < 4.78 is 7.50. The molecule has 3 heterocycles. The summed E-state index contributed by atoms with van der Waals surface area (Å²) >= 11 is 1.72. The van der Waals surface area contributed by atoms with Gasteiger partial charge in [-0.2, -0.15) is 0 Å². The standard InChI is InChI=1S/C27H29N3O4S/c1-17-13-23(18(2)30(17)11-10-21-7-6-12-35-21)26(32)16-34-27(33)25(29-19(3)31)14-20-15-28-24-9-5-4-8-22(20)24/h4-9,12-13,15,25,28H,10-11,14,16H2,1-3H3,(H,29,31). The van der Waals surface area contributed by atoms with E-state index in [0.717, 1.165) is 40.8 Å². The zero-order chi connectivity index (χ0) is 24.9. The first-order valence-corrected chi connectivity index (χ1v) is 12.4. The van der Waals surface area contributed by atoms with Gasteiger partial charge < -0.3 is 19.6 Å². The number of amides is 1. The van der Waals surface area contributed by atoms with Gasteiger partial charge in [0, 0.05) is 58.8 Å². The highest BCUT2D eigenvalue weighted by atomic mass is 32.1. The van der Waals surface area contributed by atoms with Crippen LogP contribution in [0.2, 0.25) is 0 Å². The van der Waals surface area contributed by atoms with Crippen LogP contribution in [0.4, 0.5) is 0 Å². The minimum Gasteiger partial charge on any atom is -0.456 e. The lowest BCUT2D eigenvalue weighted by molar-refractivity contribution is -0.146. The van der Waals surface area contributed by atoms with Crippen molar-refractivity contribution in [2.75, 3.05) is 6.61 Å². The fraction of sp³-hybridized carbons (Fsp3) is 0.296. The Bertz CT molecular complexity index is 1350. The second-order valence-electron chi connectivity index (χ2n) is 8.61. The molecule has 0 saturated carbocycles. The summed E-state index contributed by atoms with van der Waals surface area (Å²) in [7, 11) is 0. The third kappa shape index (κ3) is 5.71. The van der Waals surface area contributed by atoms with Crippen LogP contribution >= 0.6 is 11.3 Å². The number of hydrogen-bond acceptors (Lipinski definition) is 5. The number of carbonyl (C=O) groups is 3. The van der Waals surface area contributed by atoms with E-state index in [0.29, 0.717) is 5.56 Å². The van der Waals surface area contributed by atoms with Crippen LogP contribution in [0.15, 0.2) is 54.0 Å². The van der Waals surface area contributed by atoms with E-state index in [4.69, 9.17) is 4.74 Å². The van der Waals surface area contributed by atoms with Crippen LogP contribution in [0, 0.1) is 13.8 Å². The van der Waals surface area contributed by atoms with E-state index >= 15 is 0 Å². The number of aryl methyl sites for hydroxylation is 2. The number of hydrogen-bond donors (Lipinski definition) is 2. The van der Waals surface area contributed by atoms with Crippen molar-refractivity contribution >= 4 is 39.9 Å². The summed E-state index contributed by atoms with van der Waals surface area (Å²) in [6.45, 7) is 5.63. The third-order valence-electron chi connectivity index (χ3n) is 6.14. The van der Waals surface area contributed by atoms with Crippen LogP contribution in [0.1, 0.15) is 39.1 Å². The number of Topliss-reactive ketones (excluding diaryl/α,β-unsaturated/α-hetero) is 1. The largest absolute Gasteiger partial charge is 0.456 e. The molecule has 0 radical (unpaired) electrons. The predicted octanol–water partition coefficient (Wildman–Crippen LogP) is 4.36. The lowest BCUT2D eigenvalue weighted by atomic mass is 10.0. The van der Waals surface area contributed by atoms with Crippen LogP contribution in [-0.2, 0) is 33.7 Å². The molecule has 4 aromatic rings. The number of nitrogens with one attached hydrogen (secondary N) is 2. The van der Waals surface area contributed by atoms with Crippen molar-refractivity contribution in [1.29, 1.82) is 0 Å². The SMILES string of the molecule is CC(=O)NC(Cc1c[nH]c2ccccc12)C(=O)OCC(=O)c1cc(C)n(CCc2cccs2)c1C. The number of aromatic amines is 1. The second kappa shape index (κ2) is 10.7. The normalized spacial score (nSPS) is 12.0. The van der Waals surface area contributed by atoms with Crippen LogP contribution < -0.4 is 5.32 Å². The highest BCUT2D eigenvalue weighted by molar-refractivity contribution is 7.09. The van der Waals surface area contributed by atoms with Gasteiger partial charge in [0.15, 0.2) is 6.61 Å². The lowest BCUT2D eigenvalue weighted by Crippen LogP contribution is -2.42. The van der Waals surface area contributed by atoms with Crippen LogP contribution in [0.25, 0.3) is 10.9 Å². The zero-order valence-corrected chi connectivity index (χ0v) is 20.9. The maximum absolute atomic E-state index is 12.9. The predicted molar refractivity (Wildman–Crippen MR) is 137 cm³/mol. The van der Waals surface area contributed by atoms with E-state index in [-0.39, 0.29) is 24.7 Å². The van der Waals surface area contributed by atoms with Gasteiger partial charge in [0.1, 0.15) is 6.04 Å².